The zero-order valence-corrected chi connectivity index (χ0v) is 27.8. The Hall–Kier alpha value is -1.82. The summed E-state index contributed by atoms with van der Waals surface area (Å²) in [6, 6.07) is 5.82. The van der Waals surface area contributed by atoms with Gasteiger partial charge in [-0.15, -0.1) is 0 Å². The zero-order valence-electron chi connectivity index (χ0n) is 23.6. The van der Waals surface area contributed by atoms with Gasteiger partial charge in [0.05, 0.1) is 0 Å². The van der Waals surface area contributed by atoms with E-state index in [-0.39, 0.29) is 0 Å². The van der Waals surface area contributed by atoms with Gasteiger partial charge in [0, 0.05) is 56.9 Å². The van der Waals surface area contributed by atoms with E-state index < -0.39 is 8.07 Å². The monoisotopic (exact) mass is 634 g/mol. The highest BCUT2D eigenvalue weighted by Crippen LogP contribution is 2.41. The second kappa shape index (κ2) is 8.09. The van der Waals surface area contributed by atoms with Crippen molar-refractivity contribution >= 4 is 85.0 Å². The van der Waals surface area contributed by atoms with Crippen molar-refractivity contribution in [3.05, 3.63) is 64.2 Å². The van der Waals surface area contributed by atoms with E-state index in [0.29, 0.717) is 12.1 Å². The predicted molar refractivity (Wildman–Crippen MR) is 172 cm³/mol. The minimum Gasteiger partial charge on any atom is -0.368 e. The fourth-order valence-corrected chi connectivity index (χ4v) is 13.3. The topological polar surface area (TPSA) is 6.48 Å². The third kappa shape index (κ3) is 3.14. The van der Waals surface area contributed by atoms with Crippen LogP contribution in [0.15, 0.2) is 32.2 Å². The Labute approximate surface area is 238 Å². The van der Waals surface area contributed by atoms with Gasteiger partial charge in [-0.3, -0.25) is 0 Å². The SMILES string of the molecule is CC1=Cc2c(Br)c3c(cc2=C1[Si](C)(C)C1=c2cc4c(c(Br)c2C=C1C)=C(C)C(C)N4C)N(C)C(C)C=3C. The number of halogens is 2. The van der Waals surface area contributed by atoms with Crippen molar-refractivity contribution in [1.82, 2.24) is 0 Å². The van der Waals surface area contributed by atoms with E-state index in [1.54, 1.807) is 10.4 Å². The third-order valence-corrected chi connectivity index (χ3v) is 15.3. The van der Waals surface area contributed by atoms with Crippen molar-refractivity contribution in [3.8, 4) is 0 Å². The summed E-state index contributed by atoms with van der Waals surface area (Å²) in [5.74, 6) is 0. The number of nitrogens with zero attached hydrogens (tertiary/aromatic N) is 2. The van der Waals surface area contributed by atoms with E-state index in [2.05, 4.69) is 135 Å². The molecule has 2 atom stereocenters. The van der Waals surface area contributed by atoms with Gasteiger partial charge in [0.2, 0.25) is 0 Å². The summed E-state index contributed by atoms with van der Waals surface area (Å²) in [4.78, 5) is 4.88. The molecule has 6 rings (SSSR count). The van der Waals surface area contributed by atoms with Gasteiger partial charge in [0.25, 0.3) is 0 Å². The van der Waals surface area contributed by atoms with Crippen LogP contribution >= 0.6 is 31.9 Å². The van der Waals surface area contributed by atoms with E-state index in [9.17, 15) is 0 Å². The van der Waals surface area contributed by atoms with Crippen LogP contribution in [0.2, 0.25) is 13.1 Å². The number of anilines is 2. The average Bonchev–Trinajstić information content (AvgIpc) is 3.49. The molecule has 5 heteroatoms. The Kier molecular flexibility index (Phi) is 5.57. The molecule has 0 bridgehead atoms. The molecule has 37 heavy (non-hydrogen) atoms. The molecule has 2 aromatic rings. The summed E-state index contributed by atoms with van der Waals surface area (Å²) in [6.45, 7) is 19.0. The molecule has 2 aliphatic heterocycles. The maximum Gasteiger partial charge on any atom is 0.114 e. The van der Waals surface area contributed by atoms with Crippen molar-refractivity contribution in [2.45, 2.75) is 66.7 Å². The lowest BCUT2D eigenvalue weighted by Gasteiger charge is -2.29. The fourth-order valence-electron chi connectivity index (χ4n) is 7.51. The van der Waals surface area contributed by atoms with Crippen molar-refractivity contribution in [1.29, 1.82) is 0 Å². The molecule has 0 spiro atoms. The molecule has 0 amide bonds. The first kappa shape index (κ1) is 25.5. The first-order valence-corrected chi connectivity index (χ1v) is 17.9. The van der Waals surface area contributed by atoms with Gasteiger partial charge in [-0.2, -0.15) is 0 Å². The van der Waals surface area contributed by atoms with Gasteiger partial charge >= 0.3 is 0 Å². The van der Waals surface area contributed by atoms with Crippen LogP contribution < -0.4 is 30.7 Å². The van der Waals surface area contributed by atoms with Crippen LogP contribution in [0.25, 0.3) is 33.7 Å². The minimum atomic E-state index is -2.08. The number of fused-ring (bicyclic) bond motifs is 4. The minimum absolute atomic E-state index is 0.424. The van der Waals surface area contributed by atoms with E-state index in [1.165, 1.54) is 74.6 Å². The molecule has 0 N–H and O–H groups in total. The standard InChI is InChI=1S/C32H36Br2N2Si/c1-15-11-21-23(13-25-27(29(21)33)17(3)19(5)35(25)7)31(15)37(9,10)32-16(2)12-22-24(32)14-26-28(30(22)34)18(4)20(6)36(26)8/h11-14,19-20H,1-10H3. The Balaban J connectivity index is 1.69. The van der Waals surface area contributed by atoms with Crippen molar-refractivity contribution in [2.24, 2.45) is 0 Å². The molecule has 0 fully saturated rings. The lowest BCUT2D eigenvalue weighted by Crippen LogP contribution is -2.38. The molecule has 0 saturated heterocycles. The summed E-state index contributed by atoms with van der Waals surface area (Å²) in [6.07, 6.45) is 4.86. The highest BCUT2D eigenvalue weighted by atomic mass is 79.9. The summed E-state index contributed by atoms with van der Waals surface area (Å²) < 4.78 is 2.53. The molecule has 192 valence electrons. The number of benzene rings is 2. The van der Waals surface area contributed by atoms with Crippen molar-refractivity contribution in [3.63, 3.8) is 0 Å². The van der Waals surface area contributed by atoms with Crippen LogP contribution in [0.5, 0.6) is 0 Å². The van der Waals surface area contributed by atoms with Crippen molar-refractivity contribution in [2.75, 3.05) is 23.9 Å². The van der Waals surface area contributed by atoms with Crippen LogP contribution in [-0.2, 0) is 0 Å². The fraction of sp³-hybridized carbons (Fsp3) is 0.375. The normalized spacial score (nSPS) is 22.1. The summed E-state index contributed by atoms with van der Waals surface area (Å²) >= 11 is 8.12. The lowest BCUT2D eigenvalue weighted by atomic mass is 10.1. The van der Waals surface area contributed by atoms with Gasteiger partial charge in [-0.1, -0.05) is 36.4 Å². The third-order valence-electron chi connectivity index (χ3n) is 9.83. The second-order valence-electron chi connectivity index (χ2n) is 12.1. The molecule has 2 aliphatic carbocycles. The number of hydrogen-bond acceptors (Lipinski definition) is 2. The van der Waals surface area contributed by atoms with E-state index >= 15 is 0 Å². The molecule has 0 radical (unpaired) electrons. The maximum atomic E-state index is 4.06. The van der Waals surface area contributed by atoms with E-state index in [0.717, 1.165) is 0 Å². The first-order chi connectivity index (χ1) is 17.3. The highest BCUT2D eigenvalue weighted by Gasteiger charge is 2.39. The number of allylic oxidation sites excluding steroid dienone is 2. The maximum absolute atomic E-state index is 4.06. The lowest BCUT2D eigenvalue weighted by molar-refractivity contribution is 0.857. The van der Waals surface area contributed by atoms with Crippen LogP contribution in [-0.4, -0.2) is 34.3 Å². The summed E-state index contributed by atoms with van der Waals surface area (Å²) in [5.41, 5.74) is 11.2. The van der Waals surface area contributed by atoms with E-state index in [1.807, 2.05) is 0 Å². The number of rotatable bonds is 2. The zero-order chi connectivity index (χ0) is 26.9. The van der Waals surface area contributed by atoms with Gasteiger partial charge in [0.15, 0.2) is 0 Å². The molecule has 0 aromatic heterocycles. The summed E-state index contributed by atoms with van der Waals surface area (Å²) in [7, 11) is 2.39. The number of hydrogen-bond donors (Lipinski definition) is 0. The molecule has 2 nitrogen and oxygen atoms in total. The Morgan fingerprint density at radius 1 is 0.676 bits per heavy atom. The first-order valence-electron chi connectivity index (χ1n) is 13.3. The molecule has 2 unspecified atom stereocenters. The van der Waals surface area contributed by atoms with Gasteiger partial charge in [-0.25, -0.2) is 0 Å². The molecular formula is C32H36Br2N2Si. The van der Waals surface area contributed by atoms with Crippen LogP contribution in [0.4, 0.5) is 11.4 Å². The molecule has 0 saturated carbocycles. The van der Waals surface area contributed by atoms with Gasteiger partial charge in [-0.05, 0) is 129 Å². The average molecular weight is 637 g/mol. The predicted octanol–water partition coefficient (Wildman–Crippen LogP) is 5.85. The highest BCUT2D eigenvalue weighted by molar-refractivity contribution is 9.10. The molecular weight excluding hydrogens is 600 g/mol. The second-order valence-corrected chi connectivity index (χ2v) is 17.9. The van der Waals surface area contributed by atoms with Gasteiger partial charge < -0.3 is 9.80 Å². The molecule has 4 aliphatic rings. The van der Waals surface area contributed by atoms with Gasteiger partial charge in [0.1, 0.15) is 8.07 Å². The largest absolute Gasteiger partial charge is 0.368 e. The molecule has 2 aromatic carbocycles. The molecule has 2 heterocycles. The van der Waals surface area contributed by atoms with Crippen LogP contribution in [0.3, 0.4) is 0 Å². The van der Waals surface area contributed by atoms with E-state index in [4.69, 9.17) is 0 Å². The smallest absolute Gasteiger partial charge is 0.114 e. The van der Waals surface area contributed by atoms with Crippen LogP contribution in [0, 0.1) is 0 Å². The quantitative estimate of drug-likeness (QED) is 0.382. The Morgan fingerprint density at radius 3 is 1.38 bits per heavy atom. The summed E-state index contributed by atoms with van der Waals surface area (Å²) in [5, 5.41) is 8.78. The van der Waals surface area contributed by atoms with Crippen molar-refractivity contribution < 1.29 is 0 Å². The van der Waals surface area contributed by atoms with Crippen LogP contribution in [0.1, 0.15) is 52.7 Å². The Morgan fingerprint density at radius 2 is 1.03 bits per heavy atom. The Bertz CT molecular complexity index is 1640.